The molecule has 7 nitrogen and oxygen atoms in total. The van der Waals surface area contributed by atoms with Gasteiger partial charge in [-0.05, 0) is 48.7 Å². The number of hydrogen-bond donors (Lipinski definition) is 1. The fourth-order valence-corrected chi connectivity index (χ4v) is 3.37. The Bertz CT molecular complexity index is 1150. The number of benzene rings is 2. The Morgan fingerprint density at radius 3 is 2.53 bits per heavy atom. The molecule has 1 N–H and O–H groups in total. The van der Waals surface area contributed by atoms with Crippen LogP contribution in [0.25, 0.3) is 11.0 Å². The second-order valence-corrected chi connectivity index (χ2v) is 7.24. The third-order valence-corrected chi connectivity index (χ3v) is 4.99. The van der Waals surface area contributed by atoms with E-state index < -0.39 is 23.5 Å². The van der Waals surface area contributed by atoms with Crippen molar-refractivity contribution in [1.29, 1.82) is 0 Å². The van der Waals surface area contributed by atoms with Crippen molar-refractivity contribution in [2.75, 3.05) is 7.11 Å². The molecule has 3 aromatic rings. The topological polar surface area (TPSA) is 109 Å². The molecule has 156 valence electrons. The molecule has 0 spiro atoms. The van der Waals surface area contributed by atoms with Crippen molar-refractivity contribution >= 4 is 34.4 Å². The van der Waals surface area contributed by atoms with Crippen LogP contribution in [0.3, 0.4) is 0 Å². The Hall–Kier alpha value is -3.32. The number of aliphatic carboxylic acids is 1. The quantitative estimate of drug-likeness (QED) is 0.574. The SMILES string of the molecule is COc1ccc2c(CC(=O)N[C@H](Cc3ccc(Cl)cc3)C(=O)[O-])cc(=O)oc2c1C. The molecule has 1 aromatic heterocycles. The number of fused-ring (bicyclic) bond motifs is 1. The minimum atomic E-state index is -1.41. The van der Waals surface area contributed by atoms with Gasteiger partial charge in [-0.2, -0.15) is 0 Å². The normalized spacial score (nSPS) is 11.8. The summed E-state index contributed by atoms with van der Waals surface area (Å²) in [4.78, 5) is 36.0. The number of halogens is 1. The highest BCUT2D eigenvalue weighted by Gasteiger charge is 2.18. The van der Waals surface area contributed by atoms with E-state index in [1.807, 2.05) is 0 Å². The minimum absolute atomic E-state index is 0.0409. The maximum absolute atomic E-state index is 12.6. The lowest BCUT2D eigenvalue weighted by atomic mass is 10.0. The number of hydrogen-bond acceptors (Lipinski definition) is 6. The van der Waals surface area contributed by atoms with E-state index >= 15 is 0 Å². The predicted molar refractivity (Wildman–Crippen MR) is 110 cm³/mol. The zero-order chi connectivity index (χ0) is 21.8. The summed E-state index contributed by atoms with van der Waals surface area (Å²) in [6.07, 6.45) is -0.155. The lowest BCUT2D eigenvalue weighted by Gasteiger charge is -2.20. The van der Waals surface area contributed by atoms with Crippen LogP contribution in [0.5, 0.6) is 5.75 Å². The Balaban J connectivity index is 1.83. The average Bonchev–Trinajstić information content (AvgIpc) is 2.69. The number of carbonyl (C=O) groups excluding carboxylic acids is 2. The van der Waals surface area contributed by atoms with Crippen LogP contribution in [0, 0.1) is 6.92 Å². The van der Waals surface area contributed by atoms with E-state index in [0.717, 1.165) is 0 Å². The second kappa shape index (κ2) is 9.00. The first kappa shape index (κ1) is 21.4. The standard InChI is InChI=1S/C22H20ClNO6/c1-12-18(29-2)8-7-16-14(11-20(26)30-21(12)16)10-19(25)24-17(22(27)28)9-13-3-5-15(23)6-4-13/h3-8,11,17H,9-10H2,1-2H3,(H,24,25)(H,27,28)/p-1/t17-/m1/s1. The molecule has 1 atom stereocenters. The maximum atomic E-state index is 12.6. The number of methoxy groups -OCH3 is 1. The number of ether oxygens (including phenoxy) is 1. The lowest BCUT2D eigenvalue weighted by Crippen LogP contribution is -2.49. The van der Waals surface area contributed by atoms with E-state index in [1.165, 1.54) is 13.2 Å². The van der Waals surface area contributed by atoms with E-state index in [1.54, 1.807) is 43.3 Å². The minimum Gasteiger partial charge on any atom is -0.548 e. The summed E-state index contributed by atoms with van der Waals surface area (Å²) in [5.41, 5.74) is 1.45. The summed E-state index contributed by atoms with van der Waals surface area (Å²) in [5, 5.41) is 15.1. The third kappa shape index (κ3) is 4.80. The molecule has 0 fully saturated rings. The van der Waals surface area contributed by atoms with E-state index in [0.29, 0.717) is 38.4 Å². The highest BCUT2D eigenvalue weighted by Crippen LogP contribution is 2.28. The highest BCUT2D eigenvalue weighted by molar-refractivity contribution is 6.30. The fourth-order valence-electron chi connectivity index (χ4n) is 3.24. The van der Waals surface area contributed by atoms with Crippen molar-refractivity contribution in [3.05, 3.63) is 74.6 Å². The van der Waals surface area contributed by atoms with Gasteiger partial charge in [-0.25, -0.2) is 4.79 Å². The van der Waals surface area contributed by atoms with Crippen LogP contribution in [-0.4, -0.2) is 25.0 Å². The van der Waals surface area contributed by atoms with Crippen LogP contribution in [0.2, 0.25) is 5.02 Å². The van der Waals surface area contributed by atoms with Crippen LogP contribution < -0.4 is 20.8 Å². The molecule has 3 rings (SSSR count). The van der Waals surface area contributed by atoms with E-state index in [2.05, 4.69) is 5.32 Å². The van der Waals surface area contributed by atoms with Crippen molar-refractivity contribution < 1.29 is 23.8 Å². The molecule has 0 radical (unpaired) electrons. The Morgan fingerprint density at radius 1 is 1.20 bits per heavy atom. The number of carboxylic acid groups (broad SMARTS) is 1. The zero-order valence-corrected chi connectivity index (χ0v) is 17.1. The van der Waals surface area contributed by atoms with Crippen molar-refractivity contribution in [3.8, 4) is 5.75 Å². The van der Waals surface area contributed by atoms with Crippen LogP contribution in [0.15, 0.2) is 51.7 Å². The summed E-state index contributed by atoms with van der Waals surface area (Å²) >= 11 is 5.84. The van der Waals surface area contributed by atoms with Crippen molar-refractivity contribution in [2.45, 2.75) is 25.8 Å². The van der Waals surface area contributed by atoms with E-state index in [-0.39, 0.29) is 12.8 Å². The van der Waals surface area contributed by atoms with Gasteiger partial charge in [0.2, 0.25) is 5.91 Å². The number of nitrogens with one attached hydrogen (secondary N) is 1. The fraction of sp³-hybridized carbons (Fsp3) is 0.227. The van der Waals surface area contributed by atoms with Gasteiger partial charge in [0.05, 0.1) is 25.5 Å². The molecule has 0 saturated carbocycles. The molecule has 1 amide bonds. The molecule has 2 aromatic carbocycles. The monoisotopic (exact) mass is 428 g/mol. The molecule has 0 unspecified atom stereocenters. The molecule has 0 aliphatic heterocycles. The summed E-state index contributed by atoms with van der Waals surface area (Å²) in [5.74, 6) is -1.41. The third-order valence-electron chi connectivity index (χ3n) is 4.74. The first-order chi connectivity index (χ1) is 14.3. The zero-order valence-electron chi connectivity index (χ0n) is 16.4. The Morgan fingerprint density at radius 2 is 1.90 bits per heavy atom. The van der Waals surface area contributed by atoms with Crippen LogP contribution >= 0.6 is 11.6 Å². The smallest absolute Gasteiger partial charge is 0.336 e. The molecule has 0 aliphatic carbocycles. The molecule has 1 heterocycles. The van der Waals surface area contributed by atoms with E-state index in [4.69, 9.17) is 20.8 Å². The molecule has 30 heavy (non-hydrogen) atoms. The van der Waals surface area contributed by atoms with Gasteiger partial charge in [0.1, 0.15) is 11.3 Å². The van der Waals surface area contributed by atoms with Gasteiger partial charge in [-0.3, -0.25) is 4.79 Å². The summed E-state index contributed by atoms with van der Waals surface area (Å²) < 4.78 is 10.5. The second-order valence-electron chi connectivity index (χ2n) is 6.81. The average molecular weight is 429 g/mol. The van der Waals surface area contributed by atoms with Gasteiger partial charge >= 0.3 is 5.63 Å². The number of amides is 1. The van der Waals surface area contributed by atoms with Crippen molar-refractivity contribution in [1.82, 2.24) is 5.32 Å². The Labute approximate surface area is 177 Å². The maximum Gasteiger partial charge on any atom is 0.336 e. The number of carbonyl (C=O) groups is 2. The first-order valence-electron chi connectivity index (χ1n) is 9.13. The highest BCUT2D eigenvalue weighted by atomic mass is 35.5. The van der Waals surface area contributed by atoms with Gasteiger partial charge in [0.25, 0.3) is 0 Å². The molecule has 0 aliphatic rings. The number of rotatable bonds is 7. The van der Waals surface area contributed by atoms with E-state index in [9.17, 15) is 19.5 Å². The van der Waals surface area contributed by atoms with Gasteiger partial charge < -0.3 is 24.4 Å². The summed E-state index contributed by atoms with van der Waals surface area (Å²) in [6.45, 7) is 1.74. The first-order valence-corrected chi connectivity index (χ1v) is 9.51. The molecular weight excluding hydrogens is 410 g/mol. The van der Waals surface area contributed by atoms with Gasteiger partial charge in [-0.1, -0.05) is 23.7 Å². The lowest BCUT2D eigenvalue weighted by molar-refractivity contribution is -0.308. The number of carboxylic acids is 1. The summed E-state index contributed by atoms with van der Waals surface area (Å²) in [7, 11) is 1.50. The van der Waals surface area contributed by atoms with Crippen LogP contribution in [0.1, 0.15) is 16.7 Å². The van der Waals surface area contributed by atoms with Crippen LogP contribution in [0.4, 0.5) is 0 Å². The molecule has 8 heteroatoms. The Kier molecular flexibility index (Phi) is 6.42. The predicted octanol–water partition coefficient (Wildman–Crippen LogP) is 1.78. The van der Waals surface area contributed by atoms with Gasteiger partial charge in [-0.15, -0.1) is 0 Å². The van der Waals surface area contributed by atoms with Gasteiger partial charge in [0.15, 0.2) is 0 Å². The van der Waals surface area contributed by atoms with Crippen molar-refractivity contribution in [3.63, 3.8) is 0 Å². The molecule has 0 saturated heterocycles. The summed E-state index contributed by atoms with van der Waals surface area (Å²) in [6, 6.07) is 10.0. The van der Waals surface area contributed by atoms with Crippen molar-refractivity contribution in [2.24, 2.45) is 0 Å². The van der Waals surface area contributed by atoms with Gasteiger partial charge in [0, 0.05) is 22.0 Å². The largest absolute Gasteiger partial charge is 0.548 e. The molecule has 0 bridgehead atoms. The van der Waals surface area contributed by atoms with Crippen LogP contribution in [-0.2, 0) is 22.4 Å². The number of aryl methyl sites for hydroxylation is 1. The molecular formula is C22H19ClNO6-.